The van der Waals surface area contributed by atoms with Crippen LogP contribution in [-0.4, -0.2) is 37.8 Å². The zero-order valence-corrected chi connectivity index (χ0v) is 14.8. The number of para-hydroxylation sites is 1. The second kappa shape index (κ2) is 7.19. The minimum absolute atomic E-state index is 0.157. The van der Waals surface area contributed by atoms with Gasteiger partial charge in [0.1, 0.15) is 17.6 Å². The predicted molar refractivity (Wildman–Crippen MR) is 89.8 cm³/mol. The van der Waals surface area contributed by atoms with E-state index in [1.807, 2.05) is 0 Å². The molecule has 1 aromatic carbocycles. The first kappa shape index (κ1) is 18.2. The molecule has 0 saturated carbocycles. The second-order valence-corrected chi connectivity index (χ2v) is 6.31. The number of carbonyl (C=O) groups is 2. The molecule has 9 heteroatoms. The van der Waals surface area contributed by atoms with Gasteiger partial charge in [-0.1, -0.05) is 43.1 Å². The summed E-state index contributed by atoms with van der Waals surface area (Å²) in [5.41, 5.74) is 0.406. The number of hydrogen-bond acceptors (Lipinski definition) is 4. The van der Waals surface area contributed by atoms with Gasteiger partial charge in [0.2, 0.25) is 5.82 Å². The van der Waals surface area contributed by atoms with E-state index in [9.17, 15) is 9.59 Å². The number of aromatic nitrogens is 3. The van der Waals surface area contributed by atoms with Crippen molar-refractivity contribution in [3.8, 4) is 5.69 Å². The van der Waals surface area contributed by atoms with E-state index in [1.165, 1.54) is 4.68 Å². The number of halogens is 2. The molecule has 1 atom stereocenters. The van der Waals surface area contributed by atoms with E-state index in [-0.39, 0.29) is 11.7 Å². The first-order valence-corrected chi connectivity index (χ1v) is 7.89. The van der Waals surface area contributed by atoms with Gasteiger partial charge in [-0.25, -0.2) is 14.5 Å². The van der Waals surface area contributed by atoms with Gasteiger partial charge in [-0.05, 0) is 25.0 Å². The Bertz CT molecular complexity index is 769. The molecule has 0 unspecified atom stereocenters. The topological polar surface area (TPSA) is 97.1 Å². The summed E-state index contributed by atoms with van der Waals surface area (Å²) in [6, 6.07) is 3.94. The lowest BCUT2D eigenvalue weighted by atomic mass is 10.1. The van der Waals surface area contributed by atoms with Crippen molar-refractivity contribution in [2.75, 3.05) is 0 Å². The van der Waals surface area contributed by atoms with Gasteiger partial charge in [-0.15, -0.1) is 5.10 Å². The number of carboxylic acid groups (broad SMARTS) is 1. The Morgan fingerprint density at radius 1 is 1.25 bits per heavy atom. The molecule has 0 bridgehead atoms. The quantitative estimate of drug-likeness (QED) is 0.842. The van der Waals surface area contributed by atoms with Gasteiger partial charge in [0.15, 0.2) is 0 Å². The molecule has 0 aliphatic heterocycles. The average molecular weight is 371 g/mol. The van der Waals surface area contributed by atoms with Gasteiger partial charge in [0.25, 0.3) is 5.91 Å². The smallest absolute Gasteiger partial charge is 0.326 e. The summed E-state index contributed by atoms with van der Waals surface area (Å²) in [6.45, 7) is 5.03. The Hall–Kier alpha value is -2.12. The third-order valence-corrected chi connectivity index (χ3v) is 3.95. The van der Waals surface area contributed by atoms with Crippen molar-refractivity contribution in [1.82, 2.24) is 20.1 Å². The summed E-state index contributed by atoms with van der Waals surface area (Å²) in [7, 11) is 0. The van der Waals surface area contributed by atoms with Gasteiger partial charge < -0.3 is 10.4 Å². The first-order valence-electron chi connectivity index (χ1n) is 7.14. The van der Waals surface area contributed by atoms with Crippen molar-refractivity contribution < 1.29 is 14.7 Å². The van der Waals surface area contributed by atoms with Crippen molar-refractivity contribution in [2.45, 2.75) is 26.8 Å². The van der Waals surface area contributed by atoms with Crippen LogP contribution in [0, 0.1) is 12.8 Å². The number of aryl methyl sites for hydroxylation is 1. The molecule has 0 fully saturated rings. The molecule has 128 valence electrons. The fourth-order valence-electron chi connectivity index (χ4n) is 2.11. The third kappa shape index (κ3) is 3.68. The number of carboxylic acids is 1. The van der Waals surface area contributed by atoms with Crippen molar-refractivity contribution in [2.24, 2.45) is 5.92 Å². The highest BCUT2D eigenvalue weighted by Gasteiger charge is 2.26. The fraction of sp³-hybridized carbons (Fsp3) is 0.333. The minimum atomic E-state index is -1.12. The molecular formula is C15H16Cl2N4O3. The van der Waals surface area contributed by atoms with Crippen molar-refractivity contribution in [1.29, 1.82) is 0 Å². The van der Waals surface area contributed by atoms with E-state index in [0.29, 0.717) is 21.6 Å². The summed E-state index contributed by atoms with van der Waals surface area (Å²) in [5.74, 6) is -1.85. The van der Waals surface area contributed by atoms with Gasteiger partial charge in [0, 0.05) is 0 Å². The van der Waals surface area contributed by atoms with Crippen LogP contribution in [0.2, 0.25) is 10.0 Å². The lowest BCUT2D eigenvalue weighted by Crippen LogP contribution is -2.44. The summed E-state index contributed by atoms with van der Waals surface area (Å²) < 4.78 is 1.35. The Kier molecular flexibility index (Phi) is 5.46. The minimum Gasteiger partial charge on any atom is -0.480 e. The molecule has 0 radical (unpaired) electrons. The van der Waals surface area contributed by atoms with Crippen LogP contribution in [0.4, 0.5) is 0 Å². The predicted octanol–water partition coefficient (Wildman–Crippen LogP) is 2.72. The maximum absolute atomic E-state index is 12.3. The summed E-state index contributed by atoms with van der Waals surface area (Å²) in [5, 5.41) is 16.4. The Balaban J connectivity index is 2.35. The maximum atomic E-state index is 12.3. The Labute approximate surface area is 148 Å². The van der Waals surface area contributed by atoms with Crippen molar-refractivity contribution >= 4 is 35.1 Å². The molecule has 7 nitrogen and oxygen atoms in total. The van der Waals surface area contributed by atoms with Gasteiger partial charge in [-0.3, -0.25) is 4.79 Å². The number of benzene rings is 1. The fourth-order valence-corrected chi connectivity index (χ4v) is 2.67. The molecule has 2 N–H and O–H groups in total. The normalized spacial score (nSPS) is 12.2. The van der Waals surface area contributed by atoms with Crippen LogP contribution >= 0.6 is 23.2 Å². The summed E-state index contributed by atoms with van der Waals surface area (Å²) in [6.07, 6.45) is 0. The van der Waals surface area contributed by atoms with Gasteiger partial charge in [0.05, 0.1) is 10.0 Å². The first-order chi connectivity index (χ1) is 11.2. The van der Waals surface area contributed by atoms with Crippen LogP contribution in [0.15, 0.2) is 18.2 Å². The highest BCUT2D eigenvalue weighted by atomic mass is 35.5. The highest BCUT2D eigenvalue weighted by molar-refractivity contribution is 6.37. The van der Waals surface area contributed by atoms with Gasteiger partial charge >= 0.3 is 5.97 Å². The number of nitrogens with one attached hydrogen (secondary N) is 1. The van der Waals surface area contributed by atoms with E-state index in [4.69, 9.17) is 28.3 Å². The number of amides is 1. The van der Waals surface area contributed by atoms with E-state index in [1.54, 1.807) is 39.0 Å². The zero-order chi connectivity index (χ0) is 18.0. The van der Waals surface area contributed by atoms with Crippen LogP contribution in [0.3, 0.4) is 0 Å². The third-order valence-electron chi connectivity index (χ3n) is 3.34. The molecule has 2 rings (SSSR count). The summed E-state index contributed by atoms with van der Waals surface area (Å²) >= 11 is 12.3. The van der Waals surface area contributed by atoms with Crippen molar-refractivity contribution in [3.05, 3.63) is 39.9 Å². The second-order valence-electron chi connectivity index (χ2n) is 5.50. The highest BCUT2D eigenvalue weighted by Crippen LogP contribution is 2.28. The molecule has 24 heavy (non-hydrogen) atoms. The summed E-state index contributed by atoms with van der Waals surface area (Å²) in [4.78, 5) is 27.5. The lowest BCUT2D eigenvalue weighted by molar-refractivity contribution is -0.140. The van der Waals surface area contributed by atoms with E-state index < -0.39 is 17.9 Å². The molecule has 2 aromatic rings. The molecular weight excluding hydrogens is 355 g/mol. The lowest BCUT2D eigenvalue weighted by Gasteiger charge is -2.16. The molecule has 0 saturated heterocycles. The number of hydrogen-bond donors (Lipinski definition) is 2. The maximum Gasteiger partial charge on any atom is 0.326 e. The van der Waals surface area contributed by atoms with Crippen LogP contribution in [0.5, 0.6) is 0 Å². The molecule has 1 heterocycles. The molecule has 0 aliphatic rings. The number of nitrogens with zero attached hydrogens (tertiary/aromatic N) is 3. The zero-order valence-electron chi connectivity index (χ0n) is 13.2. The van der Waals surface area contributed by atoms with E-state index in [2.05, 4.69) is 15.4 Å². The molecule has 0 aliphatic carbocycles. The van der Waals surface area contributed by atoms with Crippen LogP contribution in [0.25, 0.3) is 5.69 Å². The number of carbonyl (C=O) groups excluding carboxylic acids is 1. The Morgan fingerprint density at radius 2 is 1.83 bits per heavy atom. The molecule has 0 spiro atoms. The monoisotopic (exact) mass is 370 g/mol. The van der Waals surface area contributed by atoms with E-state index in [0.717, 1.165) is 0 Å². The SMILES string of the molecule is Cc1nc(C(=O)N[C@@H](C(=O)O)C(C)C)nn1-c1c(Cl)cccc1Cl. The van der Waals surface area contributed by atoms with Crippen molar-refractivity contribution in [3.63, 3.8) is 0 Å². The molecule has 1 amide bonds. The number of aliphatic carboxylic acids is 1. The largest absolute Gasteiger partial charge is 0.480 e. The van der Waals surface area contributed by atoms with Gasteiger partial charge in [-0.2, -0.15) is 0 Å². The molecule has 1 aromatic heterocycles. The van der Waals surface area contributed by atoms with Crippen LogP contribution < -0.4 is 5.32 Å². The van der Waals surface area contributed by atoms with Crippen LogP contribution in [-0.2, 0) is 4.79 Å². The number of rotatable bonds is 5. The van der Waals surface area contributed by atoms with E-state index >= 15 is 0 Å². The average Bonchev–Trinajstić information content (AvgIpc) is 2.85. The Morgan fingerprint density at radius 3 is 2.33 bits per heavy atom. The standard InChI is InChI=1S/C15H16Cl2N4O3/c1-7(2)11(15(23)24)19-14(22)13-18-8(3)21(20-13)12-9(16)5-4-6-10(12)17/h4-7,11H,1-3H3,(H,19,22)(H,23,24)/t11-/m1/s1. The van der Waals surface area contributed by atoms with Crippen LogP contribution in [0.1, 0.15) is 30.3 Å².